The van der Waals surface area contributed by atoms with Gasteiger partial charge in [0.2, 0.25) is 5.15 Å². The van der Waals surface area contributed by atoms with Crippen molar-refractivity contribution >= 4 is 23.3 Å². The van der Waals surface area contributed by atoms with E-state index in [9.17, 15) is 0 Å². The molecule has 0 aliphatic carbocycles. The van der Waals surface area contributed by atoms with Crippen LogP contribution < -0.4 is 9.47 Å². The molecule has 0 fully saturated rings. The summed E-state index contributed by atoms with van der Waals surface area (Å²) in [6.07, 6.45) is 0. The largest absolute Gasteiger partial charge is 0.497 e. The molecule has 0 aliphatic rings. The molecule has 0 aliphatic heterocycles. The summed E-state index contributed by atoms with van der Waals surface area (Å²) in [4.78, 5) is 0. The monoisotopic (exact) mass is 267 g/mol. The second-order valence-electron chi connectivity index (χ2n) is 2.97. The smallest absolute Gasteiger partial charge is 0.270 e. The lowest BCUT2D eigenvalue weighted by molar-refractivity contribution is 0.407. The highest BCUT2D eigenvalue weighted by Crippen LogP contribution is 2.30. The predicted octanol–water partition coefficient (Wildman–Crippen LogP) is 2.86. The van der Waals surface area contributed by atoms with Gasteiger partial charge < -0.3 is 9.47 Å². The number of methoxy groups -OCH3 is 1. The van der Waals surface area contributed by atoms with Crippen molar-refractivity contribution < 1.29 is 9.47 Å². The third-order valence-corrected chi connectivity index (χ3v) is 2.74. The first-order valence-electron chi connectivity index (χ1n) is 4.48. The van der Waals surface area contributed by atoms with E-state index in [1.807, 2.05) is 6.07 Å². The van der Waals surface area contributed by atoms with E-state index in [1.54, 1.807) is 18.2 Å². The summed E-state index contributed by atoms with van der Waals surface area (Å²) in [6, 6.07) is 6.82. The summed E-state index contributed by atoms with van der Waals surface area (Å²) in [7, 11) is 1.51. The number of nitrogens with zero attached hydrogens (tertiary/aromatic N) is 3. The Morgan fingerprint density at radius 3 is 2.65 bits per heavy atom. The molecule has 1 aromatic carbocycles. The van der Waals surface area contributed by atoms with Crippen molar-refractivity contribution in [1.82, 2.24) is 8.75 Å². The van der Waals surface area contributed by atoms with Gasteiger partial charge in [-0.3, -0.25) is 0 Å². The Hall–Kier alpha value is -1.84. The van der Waals surface area contributed by atoms with Crippen LogP contribution in [0.25, 0.3) is 0 Å². The van der Waals surface area contributed by atoms with Crippen LogP contribution in [0.15, 0.2) is 18.2 Å². The van der Waals surface area contributed by atoms with Gasteiger partial charge in [-0.25, -0.2) is 0 Å². The van der Waals surface area contributed by atoms with Gasteiger partial charge in [0, 0.05) is 6.07 Å². The summed E-state index contributed by atoms with van der Waals surface area (Å²) >= 11 is 6.70. The van der Waals surface area contributed by atoms with Crippen LogP contribution in [0.3, 0.4) is 0 Å². The van der Waals surface area contributed by atoms with Gasteiger partial charge in [0.05, 0.1) is 30.5 Å². The molecule has 86 valence electrons. The summed E-state index contributed by atoms with van der Waals surface area (Å²) in [5.41, 5.74) is 0.429. The van der Waals surface area contributed by atoms with E-state index in [1.165, 1.54) is 7.11 Å². The van der Waals surface area contributed by atoms with Crippen molar-refractivity contribution in [2.75, 3.05) is 7.11 Å². The second-order valence-corrected chi connectivity index (χ2v) is 3.86. The van der Waals surface area contributed by atoms with Gasteiger partial charge in [-0.15, -0.1) is 4.37 Å². The van der Waals surface area contributed by atoms with E-state index >= 15 is 0 Å². The van der Waals surface area contributed by atoms with Crippen LogP contribution in [0.5, 0.6) is 17.4 Å². The minimum absolute atomic E-state index is 0.191. The van der Waals surface area contributed by atoms with E-state index in [0.29, 0.717) is 17.1 Å². The lowest BCUT2D eigenvalue weighted by Crippen LogP contribution is -1.89. The van der Waals surface area contributed by atoms with E-state index in [2.05, 4.69) is 8.75 Å². The third-order valence-electron chi connectivity index (χ3n) is 1.88. The number of benzene rings is 1. The fourth-order valence-corrected chi connectivity index (χ4v) is 1.77. The molecule has 5 nitrogen and oxygen atoms in total. The van der Waals surface area contributed by atoms with E-state index in [4.69, 9.17) is 26.3 Å². The zero-order valence-electron chi connectivity index (χ0n) is 8.68. The molecule has 1 heterocycles. The molecule has 0 spiro atoms. The maximum absolute atomic E-state index is 8.85. The molecule has 0 unspecified atom stereocenters. The molecule has 2 rings (SSSR count). The van der Waals surface area contributed by atoms with Gasteiger partial charge in [-0.05, 0) is 12.1 Å². The molecule has 7 heteroatoms. The minimum atomic E-state index is 0.191. The first-order valence-corrected chi connectivity index (χ1v) is 5.59. The number of aromatic nitrogens is 2. The first-order chi connectivity index (χ1) is 8.22. The Morgan fingerprint density at radius 2 is 2.06 bits per heavy atom. The number of rotatable bonds is 3. The van der Waals surface area contributed by atoms with Crippen molar-refractivity contribution in [2.45, 2.75) is 0 Å². The topological polar surface area (TPSA) is 68.0 Å². The fraction of sp³-hybridized carbons (Fsp3) is 0.100. The average molecular weight is 268 g/mol. The molecular weight excluding hydrogens is 262 g/mol. The number of halogens is 1. The SMILES string of the molecule is COc1cc(C#N)cc(Oc2nsnc2Cl)c1. The molecule has 0 saturated carbocycles. The normalized spacial score (nSPS) is 9.71. The maximum atomic E-state index is 8.85. The van der Waals surface area contributed by atoms with Crippen LogP contribution in [0.1, 0.15) is 5.56 Å². The zero-order valence-corrected chi connectivity index (χ0v) is 10.2. The lowest BCUT2D eigenvalue weighted by Gasteiger charge is -2.05. The molecule has 0 N–H and O–H groups in total. The standard InChI is InChI=1S/C10H6ClN3O2S/c1-15-7-2-6(5-12)3-8(4-7)16-10-9(11)13-17-14-10/h2-4H,1H3. The van der Waals surface area contributed by atoms with Crippen molar-refractivity contribution in [3.05, 3.63) is 28.9 Å². The zero-order chi connectivity index (χ0) is 12.3. The van der Waals surface area contributed by atoms with Crippen molar-refractivity contribution in [3.63, 3.8) is 0 Å². The Balaban J connectivity index is 2.33. The van der Waals surface area contributed by atoms with Crippen molar-refractivity contribution in [1.29, 1.82) is 5.26 Å². The average Bonchev–Trinajstić information content (AvgIpc) is 2.74. The second kappa shape index (κ2) is 4.99. The van der Waals surface area contributed by atoms with Gasteiger partial charge >= 0.3 is 0 Å². The number of hydrogen-bond donors (Lipinski definition) is 0. The Morgan fingerprint density at radius 1 is 1.29 bits per heavy atom. The number of nitriles is 1. The molecule has 0 bridgehead atoms. The minimum Gasteiger partial charge on any atom is -0.497 e. The maximum Gasteiger partial charge on any atom is 0.270 e. The fourth-order valence-electron chi connectivity index (χ4n) is 1.16. The number of hydrogen-bond acceptors (Lipinski definition) is 6. The van der Waals surface area contributed by atoms with Gasteiger partial charge in [0.1, 0.15) is 11.5 Å². The lowest BCUT2D eigenvalue weighted by atomic mass is 10.2. The van der Waals surface area contributed by atoms with Crippen LogP contribution in [0.4, 0.5) is 0 Å². The van der Waals surface area contributed by atoms with Crippen molar-refractivity contribution in [3.8, 4) is 23.4 Å². The molecule has 0 radical (unpaired) electrons. The highest BCUT2D eigenvalue weighted by atomic mass is 35.5. The Kier molecular flexibility index (Phi) is 3.42. The summed E-state index contributed by atoms with van der Waals surface area (Å²) in [6.45, 7) is 0. The van der Waals surface area contributed by atoms with Gasteiger partial charge in [-0.2, -0.15) is 9.64 Å². The molecule has 0 amide bonds. The highest BCUT2D eigenvalue weighted by molar-refractivity contribution is 6.99. The predicted molar refractivity (Wildman–Crippen MR) is 62.7 cm³/mol. The first kappa shape index (κ1) is 11.6. The highest BCUT2D eigenvalue weighted by Gasteiger charge is 2.09. The van der Waals surface area contributed by atoms with Crippen LogP contribution in [0.2, 0.25) is 5.15 Å². The summed E-state index contributed by atoms with van der Waals surface area (Å²) in [5, 5.41) is 9.04. The summed E-state index contributed by atoms with van der Waals surface area (Å²) < 4.78 is 18.1. The van der Waals surface area contributed by atoms with Crippen LogP contribution in [-0.4, -0.2) is 15.9 Å². The quantitative estimate of drug-likeness (QED) is 0.855. The summed E-state index contributed by atoms with van der Waals surface area (Å²) in [5.74, 6) is 1.17. The molecule has 2 aromatic rings. The molecular formula is C10H6ClN3O2S. The number of ether oxygens (including phenoxy) is 2. The molecule has 17 heavy (non-hydrogen) atoms. The third kappa shape index (κ3) is 2.64. The van der Waals surface area contributed by atoms with E-state index < -0.39 is 0 Å². The molecule has 0 saturated heterocycles. The van der Waals surface area contributed by atoms with Gasteiger partial charge in [-0.1, -0.05) is 11.6 Å². The van der Waals surface area contributed by atoms with Gasteiger partial charge in [0.25, 0.3) is 5.88 Å². The Labute approximate surface area is 107 Å². The van der Waals surface area contributed by atoms with Crippen LogP contribution >= 0.6 is 23.3 Å². The van der Waals surface area contributed by atoms with Crippen LogP contribution in [0, 0.1) is 11.3 Å². The van der Waals surface area contributed by atoms with Crippen molar-refractivity contribution in [2.24, 2.45) is 0 Å². The molecule has 1 aromatic heterocycles. The van der Waals surface area contributed by atoms with E-state index in [0.717, 1.165) is 11.7 Å². The Bertz CT molecular complexity index is 579. The van der Waals surface area contributed by atoms with E-state index in [-0.39, 0.29) is 11.0 Å². The molecule has 0 atom stereocenters. The van der Waals surface area contributed by atoms with Crippen LogP contribution in [-0.2, 0) is 0 Å². The van der Waals surface area contributed by atoms with Gasteiger partial charge in [0.15, 0.2) is 0 Å².